The highest BCUT2D eigenvalue weighted by atomic mass is 16.7. The first-order valence-corrected chi connectivity index (χ1v) is 21.4. The zero-order chi connectivity index (χ0) is 47.8. The number of aliphatic hydroxyl groups excluding tert-OH is 1. The van der Waals surface area contributed by atoms with Crippen LogP contribution in [0.1, 0.15) is 77.7 Å². The monoisotopic (exact) mass is 899 g/mol. The van der Waals surface area contributed by atoms with Crippen LogP contribution < -0.4 is 20.2 Å². The number of aliphatic hydroxyl groups is 1. The van der Waals surface area contributed by atoms with Crippen molar-refractivity contribution in [1.29, 1.82) is 0 Å². The van der Waals surface area contributed by atoms with Crippen molar-refractivity contribution < 1.29 is 62.6 Å². The number of carbonyl (C=O) groups excluding carboxylic acids is 4. The number of benzene rings is 3. The van der Waals surface area contributed by atoms with Gasteiger partial charge in [-0.1, -0.05) is 45.9 Å². The Balaban J connectivity index is 1.58. The molecule has 17 nitrogen and oxygen atoms in total. The van der Waals surface area contributed by atoms with Crippen LogP contribution in [0.5, 0.6) is 23.0 Å². The van der Waals surface area contributed by atoms with E-state index in [1.165, 1.54) is 71.1 Å². The van der Waals surface area contributed by atoms with E-state index in [0.717, 1.165) is 0 Å². The molecule has 348 valence electrons. The van der Waals surface area contributed by atoms with Crippen LogP contribution in [0.4, 0.5) is 5.69 Å². The van der Waals surface area contributed by atoms with Gasteiger partial charge in [0.2, 0.25) is 11.3 Å². The van der Waals surface area contributed by atoms with Gasteiger partial charge >= 0.3 is 11.8 Å². The number of nitrogens with zero attached hydrogens (tertiary/aromatic N) is 2. The molecule has 4 N–H and O–H groups in total. The summed E-state index contributed by atoms with van der Waals surface area (Å²) in [5.74, 6) is -6.81. The number of phenols is 2. The number of hydrogen-bond donors (Lipinski definition) is 4. The third kappa shape index (κ3) is 9.38. The van der Waals surface area contributed by atoms with E-state index in [9.17, 15) is 39.3 Å². The Morgan fingerprint density at radius 2 is 1.74 bits per heavy atom. The molecule has 65 heavy (non-hydrogen) atoms. The summed E-state index contributed by atoms with van der Waals surface area (Å²) in [6.07, 6.45) is 5.94. The summed E-state index contributed by atoms with van der Waals surface area (Å²) in [5.41, 5.74) is -1.74. The van der Waals surface area contributed by atoms with Gasteiger partial charge in [0.25, 0.3) is 11.7 Å². The number of likely N-dealkylation sites (N-methyl/N-ethyl adjacent to an activating group) is 1. The number of carbonyl (C=O) groups is 4. The van der Waals surface area contributed by atoms with Crippen molar-refractivity contribution in [2.75, 3.05) is 32.6 Å². The number of ether oxygens (including phenoxy) is 5. The summed E-state index contributed by atoms with van der Waals surface area (Å²) >= 11 is 0. The van der Waals surface area contributed by atoms with Gasteiger partial charge in [-0.15, -0.1) is 0 Å². The fourth-order valence-corrected chi connectivity index (χ4v) is 8.48. The third-order valence-electron chi connectivity index (χ3n) is 12.4. The Bertz CT molecular complexity index is 2670. The minimum atomic E-state index is -2.07. The standard InChI is InChI=1S/C48H57N3O14/c1-22-13-12-14-23(2)47(59)50-39-42(57)35-34(38-45(39)64-33-21-30(20-31(54)37(33)49-38)61-18-16-51(10)28(7)52)36-44(27(6)41(35)56)65-48(9,46(36)58)62-17-15-32(60-11)26(5)43(63-29(8)53)25(4)19-24(3)40(22)55/h12-15,17,20-22,24-26,32,40,43,54-56H,16,18-19H2,1-11H3,(H,50,59)/b13-12+,17-15+,23-14-/t22-,24-,25+,26+,32-,40-,43-,48-/m0/s1. The Kier molecular flexibility index (Phi) is 14.0. The predicted octanol–water partition coefficient (Wildman–Crippen LogP) is 6.54. The molecule has 0 saturated heterocycles. The Morgan fingerprint density at radius 3 is 2.40 bits per heavy atom. The molecule has 0 saturated carbocycles. The number of methoxy groups -OCH3 is 1. The molecule has 0 aromatic heterocycles. The van der Waals surface area contributed by atoms with E-state index < -0.39 is 70.3 Å². The number of phenolic OH excluding ortho intramolecular Hbond substituents is 2. The van der Waals surface area contributed by atoms with Crippen molar-refractivity contribution in [2.24, 2.45) is 23.7 Å². The van der Waals surface area contributed by atoms with Crippen molar-refractivity contribution in [3.63, 3.8) is 0 Å². The molecular formula is C48H57N3O14. The SMILES string of the molecule is CO[C@H]1/C=C/O[C@@]2(C)Oc3c(C)c(O)c4c(=O)c(c5oc6cc(OCCN(C)C(C)=O)cc(O)c6nc-5c4c3C2=O)NC(=O)/C(C)=C\C=C\[C@H](C)[C@H](O)[C@@H](C)C[C@@H](C)[C@H](OC(C)=O)[C@@H]1C. The van der Waals surface area contributed by atoms with Crippen molar-refractivity contribution in [3.8, 4) is 34.5 Å². The van der Waals surface area contributed by atoms with E-state index in [2.05, 4.69) is 5.32 Å². The Labute approximate surface area is 376 Å². The quantitative estimate of drug-likeness (QED) is 0.0914. The Morgan fingerprint density at radius 1 is 1.03 bits per heavy atom. The molecule has 0 radical (unpaired) electrons. The summed E-state index contributed by atoms with van der Waals surface area (Å²) in [5, 5.41) is 36.5. The maximum Gasteiger partial charge on any atom is 0.312 e. The van der Waals surface area contributed by atoms with Gasteiger partial charge in [-0.05, 0) is 38.2 Å². The molecule has 3 aliphatic heterocycles. The smallest absolute Gasteiger partial charge is 0.312 e. The van der Waals surface area contributed by atoms with Gasteiger partial charge in [-0.3, -0.25) is 24.0 Å². The molecule has 1 aliphatic carbocycles. The van der Waals surface area contributed by atoms with Crippen LogP contribution in [0, 0.1) is 30.6 Å². The summed E-state index contributed by atoms with van der Waals surface area (Å²) in [7, 11) is 3.08. The minimum absolute atomic E-state index is 0.0162. The highest BCUT2D eigenvalue weighted by Crippen LogP contribution is 2.51. The van der Waals surface area contributed by atoms with Gasteiger partial charge < -0.3 is 53.6 Å². The molecule has 2 aromatic rings. The molecule has 3 heterocycles. The number of Topliss-reactive ketones (excluding diaryl/α,β-unsaturated/α-hetero) is 1. The normalized spacial score (nSPS) is 27.1. The van der Waals surface area contributed by atoms with E-state index in [-0.39, 0.29) is 98.3 Å². The number of fused-ring (bicyclic) bond motifs is 2. The van der Waals surface area contributed by atoms with E-state index in [1.807, 2.05) is 27.7 Å². The van der Waals surface area contributed by atoms with Crippen LogP contribution in [-0.2, 0) is 28.6 Å². The van der Waals surface area contributed by atoms with Gasteiger partial charge in [0.05, 0.1) is 36.0 Å². The lowest BCUT2D eigenvalue weighted by Crippen LogP contribution is -2.40. The number of nitrogens with one attached hydrogen (secondary N) is 1. The van der Waals surface area contributed by atoms with Gasteiger partial charge in [0.15, 0.2) is 11.3 Å². The molecule has 4 aliphatic rings. The van der Waals surface area contributed by atoms with Gasteiger partial charge in [0.1, 0.15) is 52.6 Å². The van der Waals surface area contributed by atoms with Crippen LogP contribution in [0.25, 0.3) is 33.3 Å². The zero-order valence-electron chi connectivity index (χ0n) is 38.4. The van der Waals surface area contributed by atoms with Gasteiger partial charge in [0, 0.05) is 75.4 Å². The van der Waals surface area contributed by atoms with E-state index in [4.69, 9.17) is 33.1 Å². The number of amides is 2. The fraction of sp³-hybridized carbons (Fsp3) is 0.458. The predicted molar refractivity (Wildman–Crippen MR) is 240 cm³/mol. The zero-order valence-corrected chi connectivity index (χ0v) is 38.4. The topological polar surface area (TPSA) is 233 Å². The number of allylic oxidation sites excluding steroid dienone is 2. The van der Waals surface area contributed by atoms with Crippen LogP contribution in [0.2, 0.25) is 0 Å². The van der Waals surface area contributed by atoms with Crippen molar-refractivity contribution in [1.82, 2.24) is 9.88 Å². The first-order valence-electron chi connectivity index (χ1n) is 21.4. The van der Waals surface area contributed by atoms with Gasteiger partial charge in [-0.25, -0.2) is 4.98 Å². The van der Waals surface area contributed by atoms with Crippen LogP contribution in [-0.4, -0.2) is 100 Å². The molecule has 2 amide bonds. The highest BCUT2D eigenvalue weighted by Gasteiger charge is 2.50. The number of aromatic hydroxyl groups is 2. The lowest BCUT2D eigenvalue weighted by Gasteiger charge is -2.34. The molecular weight excluding hydrogens is 843 g/mol. The summed E-state index contributed by atoms with van der Waals surface area (Å²) < 4.78 is 36.1. The average molecular weight is 900 g/mol. The number of aromatic nitrogens is 1. The first-order chi connectivity index (χ1) is 30.6. The molecule has 0 spiro atoms. The minimum Gasteiger partial charge on any atom is -0.507 e. The Hall–Kier alpha value is -6.46. The van der Waals surface area contributed by atoms with Crippen molar-refractivity contribution in [2.45, 2.75) is 92.8 Å². The van der Waals surface area contributed by atoms with Crippen molar-refractivity contribution >= 4 is 51.1 Å². The second-order valence-electron chi connectivity index (χ2n) is 17.3. The summed E-state index contributed by atoms with van der Waals surface area (Å²) in [4.78, 5) is 73.6. The maximum atomic E-state index is 14.7. The van der Waals surface area contributed by atoms with Crippen LogP contribution >= 0.6 is 0 Å². The van der Waals surface area contributed by atoms with Crippen LogP contribution in [0.15, 0.2) is 57.5 Å². The number of esters is 1. The highest BCUT2D eigenvalue weighted by molar-refractivity contribution is 6.22. The second-order valence-corrected chi connectivity index (χ2v) is 17.3. The van der Waals surface area contributed by atoms with Crippen LogP contribution in [0.3, 0.4) is 0 Å². The van der Waals surface area contributed by atoms with Crippen molar-refractivity contribution in [3.05, 3.63) is 69.6 Å². The maximum absolute atomic E-state index is 14.7. The average Bonchev–Trinajstić information content (AvgIpc) is 3.51. The third-order valence-corrected chi connectivity index (χ3v) is 12.4. The largest absolute Gasteiger partial charge is 0.507 e. The second kappa shape index (κ2) is 18.9. The summed E-state index contributed by atoms with van der Waals surface area (Å²) in [6, 6.07) is 2.69. The fourth-order valence-electron chi connectivity index (χ4n) is 8.48. The number of ketones is 1. The molecule has 17 heteroatoms. The number of anilines is 1. The lowest BCUT2D eigenvalue weighted by atomic mass is 9.80. The molecule has 0 unspecified atom stereocenters. The molecule has 2 aromatic carbocycles. The lowest BCUT2D eigenvalue weighted by molar-refractivity contribution is -0.155. The molecule has 4 bridgehead atoms. The van der Waals surface area contributed by atoms with Gasteiger partial charge in [-0.2, -0.15) is 0 Å². The molecule has 8 atom stereocenters. The van der Waals surface area contributed by atoms with E-state index >= 15 is 0 Å². The molecule has 6 rings (SSSR count). The number of hydrogen-bond acceptors (Lipinski definition) is 15. The first kappa shape index (κ1) is 48.0. The van der Waals surface area contributed by atoms with E-state index in [0.29, 0.717) is 6.42 Å². The van der Waals surface area contributed by atoms with E-state index in [1.54, 1.807) is 25.3 Å². The molecule has 0 fully saturated rings. The number of rotatable bonds is 6. The summed E-state index contributed by atoms with van der Waals surface area (Å²) in [6.45, 7) is 14.9.